The van der Waals surface area contributed by atoms with E-state index in [2.05, 4.69) is 21.3 Å². The first-order valence-electron chi connectivity index (χ1n) is 11.7. The van der Waals surface area contributed by atoms with Gasteiger partial charge in [-0.25, -0.2) is 4.79 Å². The molecule has 2 aromatic rings. The van der Waals surface area contributed by atoms with Crippen LogP contribution in [-0.4, -0.2) is 68.6 Å². The molecule has 2 aliphatic rings. The van der Waals surface area contributed by atoms with Crippen molar-refractivity contribution in [2.45, 2.75) is 58.7 Å². The average Bonchev–Trinajstić information content (AvgIpc) is 3.26. The first kappa shape index (κ1) is 24.0. The number of rotatable bonds is 4. The number of hydrogen-bond acceptors (Lipinski definition) is 7. The highest BCUT2D eigenvalue weighted by atomic mass is 16.6. The van der Waals surface area contributed by atoms with E-state index in [0.717, 1.165) is 11.3 Å². The summed E-state index contributed by atoms with van der Waals surface area (Å²) in [5.74, 6) is 3.58. The zero-order valence-electron chi connectivity index (χ0n) is 20.3. The molecule has 0 radical (unpaired) electrons. The Bertz CT molecular complexity index is 1210. The van der Waals surface area contributed by atoms with E-state index < -0.39 is 17.7 Å². The average molecular weight is 469 g/mol. The Balaban J connectivity index is 1.89. The number of ether oxygens (including phenoxy) is 2. The van der Waals surface area contributed by atoms with E-state index in [0.29, 0.717) is 62.9 Å². The Morgan fingerprint density at radius 2 is 2.21 bits per heavy atom. The fourth-order valence-corrected chi connectivity index (χ4v) is 4.46. The van der Waals surface area contributed by atoms with Crippen LogP contribution in [0.5, 0.6) is 0 Å². The molecule has 34 heavy (non-hydrogen) atoms. The maximum absolute atomic E-state index is 13.9. The number of nitrogens with one attached hydrogen (secondary N) is 1. The summed E-state index contributed by atoms with van der Waals surface area (Å²) in [6, 6.07) is -0.519. The summed E-state index contributed by atoms with van der Waals surface area (Å²) in [5, 5.41) is 7.87. The normalized spacial score (nSPS) is 19.1. The van der Waals surface area contributed by atoms with Gasteiger partial charge < -0.3 is 19.4 Å². The topological polar surface area (TPSA) is 103 Å². The largest absolute Gasteiger partial charge is 0.444 e. The summed E-state index contributed by atoms with van der Waals surface area (Å²) in [6.07, 6.45) is 8.41. The maximum atomic E-state index is 13.9. The highest BCUT2D eigenvalue weighted by Crippen LogP contribution is 2.27. The van der Waals surface area contributed by atoms with Crippen LogP contribution in [0.25, 0.3) is 11.4 Å². The van der Waals surface area contributed by atoms with E-state index in [-0.39, 0.29) is 12.1 Å². The van der Waals surface area contributed by atoms with Gasteiger partial charge in [0.1, 0.15) is 5.60 Å². The molecular formula is C24H32N6O4. The predicted octanol–water partition coefficient (Wildman–Crippen LogP) is 1.77. The van der Waals surface area contributed by atoms with Crippen LogP contribution in [0, 0.1) is 12.3 Å². The molecule has 10 heteroatoms. The van der Waals surface area contributed by atoms with Crippen molar-refractivity contribution < 1.29 is 14.3 Å². The quantitative estimate of drug-likeness (QED) is 0.682. The maximum Gasteiger partial charge on any atom is 0.410 e. The lowest BCUT2D eigenvalue weighted by Crippen LogP contribution is -2.52. The molecule has 1 fully saturated rings. The first-order valence-corrected chi connectivity index (χ1v) is 11.7. The van der Waals surface area contributed by atoms with Gasteiger partial charge in [-0.3, -0.25) is 9.69 Å². The number of fused-ring (bicyclic) bond motifs is 1. The van der Waals surface area contributed by atoms with E-state index in [1.807, 2.05) is 38.3 Å². The van der Waals surface area contributed by atoms with Gasteiger partial charge in [0.2, 0.25) is 5.78 Å². The molecule has 0 saturated carbocycles. The van der Waals surface area contributed by atoms with E-state index in [1.165, 1.54) is 4.52 Å². The van der Waals surface area contributed by atoms with Gasteiger partial charge in [0, 0.05) is 25.3 Å². The monoisotopic (exact) mass is 468 g/mol. The molecular weight excluding hydrogens is 436 g/mol. The SMILES string of the molecule is C#CCn1c(CC)c(C2CNCCN2C(=O)OC(C)(C)C)c(=O)n2nc(C3=CCOCC3)nc12. The zero-order chi connectivity index (χ0) is 24.5. The van der Waals surface area contributed by atoms with Crippen LogP contribution in [0.1, 0.15) is 57.2 Å². The van der Waals surface area contributed by atoms with Gasteiger partial charge in [0.25, 0.3) is 5.56 Å². The fraction of sp³-hybridized carbons (Fsp3) is 0.583. The van der Waals surface area contributed by atoms with Crippen molar-refractivity contribution in [1.82, 2.24) is 29.4 Å². The second-order valence-electron chi connectivity index (χ2n) is 9.40. The molecule has 0 spiro atoms. The number of piperazine rings is 1. The van der Waals surface area contributed by atoms with Gasteiger partial charge in [-0.2, -0.15) is 9.50 Å². The number of carbonyl (C=O) groups excluding carboxylic acids is 1. The zero-order valence-corrected chi connectivity index (χ0v) is 20.3. The number of hydrogen-bond donors (Lipinski definition) is 1. The molecule has 10 nitrogen and oxygen atoms in total. The smallest absolute Gasteiger partial charge is 0.410 e. The highest BCUT2D eigenvalue weighted by molar-refractivity contribution is 5.69. The highest BCUT2D eigenvalue weighted by Gasteiger charge is 2.36. The van der Waals surface area contributed by atoms with Crippen molar-refractivity contribution in [3.8, 4) is 12.3 Å². The van der Waals surface area contributed by atoms with E-state index >= 15 is 0 Å². The summed E-state index contributed by atoms with van der Waals surface area (Å²) >= 11 is 0. The third-order valence-electron chi connectivity index (χ3n) is 5.93. The summed E-state index contributed by atoms with van der Waals surface area (Å²) in [4.78, 5) is 33.2. The lowest BCUT2D eigenvalue weighted by Gasteiger charge is -2.37. The minimum Gasteiger partial charge on any atom is -0.444 e. The molecule has 1 amide bonds. The standard InChI is InChI=1S/C24H32N6O4/c1-6-11-28-17(7-2)19(18-15-25-10-12-29(18)23(32)34-24(3,4)5)21(31)30-22(28)26-20(27-30)16-8-13-33-14-9-16/h1,8,18,25H,7,9-15H2,2-5H3. The van der Waals surface area contributed by atoms with Crippen LogP contribution in [0.4, 0.5) is 4.79 Å². The fourth-order valence-electron chi connectivity index (χ4n) is 4.46. The Morgan fingerprint density at radius 3 is 2.85 bits per heavy atom. The number of carbonyl (C=O) groups is 1. The molecule has 2 aromatic heterocycles. The van der Waals surface area contributed by atoms with Crippen LogP contribution >= 0.6 is 0 Å². The van der Waals surface area contributed by atoms with Gasteiger partial charge >= 0.3 is 6.09 Å². The van der Waals surface area contributed by atoms with Crippen molar-refractivity contribution in [3.05, 3.63) is 33.5 Å². The van der Waals surface area contributed by atoms with Gasteiger partial charge in [-0.15, -0.1) is 11.5 Å². The summed E-state index contributed by atoms with van der Waals surface area (Å²) in [6.45, 7) is 10.2. The Morgan fingerprint density at radius 1 is 1.41 bits per heavy atom. The summed E-state index contributed by atoms with van der Waals surface area (Å²) < 4.78 is 14.2. The lowest BCUT2D eigenvalue weighted by atomic mass is 10.0. The van der Waals surface area contributed by atoms with Gasteiger partial charge in [0.15, 0.2) is 5.82 Å². The molecule has 1 saturated heterocycles. The van der Waals surface area contributed by atoms with Crippen LogP contribution < -0.4 is 10.9 Å². The molecule has 0 bridgehead atoms. The molecule has 4 rings (SSSR count). The van der Waals surface area contributed by atoms with Crippen LogP contribution in [0.3, 0.4) is 0 Å². The van der Waals surface area contributed by atoms with Gasteiger partial charge in [-0.05, 0) is 39.2 Å². The molecule has 0 aliphatic carbocycles. The number of aromatic nitrogens is 4. The van der Waals surface area contributed by atoms with Crippen LogP contribution in [-0.2, 0) is 22.4 Å². The minimum atomic E-state index is -0.647. The Kier molecular flexibility index (Phi) is 6.77. The second kappa shape index (κ2) is 9.60. The van der Waals surface area contributed by atoms with Gasteiger partial charge in [0.05, 0.1) is 31.4 Å². The molecule has 0 aromatic carbocycles. The van der Waals surface area contributed by atoms with Crippen molar-refractivity contribution >= 4 is 17.4 Å². The van der Waals surface area contributed by atoms with Crippen LogP contribution in [0.2, 0.25) is 0 Å². The third kappa shape index (κ3) is 4.58. The lowest BCUT2D eigenvalue weighted by molar-refractivity contribution is 0.0114. The molecule has 182 valence electrons. The Hall–Kier alpha value is -3.16. The van der Waals surface area contributed by atoms with Crippen molar-refractivity contribution in [3.63, 3.8) is 0 Å². The van der Waals surface area contributed by atoms with Crippen LogP contribution in [0.15, 0.2) is 10.9 Å². The summed E-state index contributed by atoms with van der Waals surface area (Å²) in [7, 11) is 0. The summed E-state index contributed by atoms with van der Waals surface area (Å²) in [5.41, 5.74) is 1.23. The van der Waals surface area contributed by atoms with E-state index in [1.54, 1.807) is 4.90 Å². The molecule has 1 N–H and O–H groups in total. The first-order chi connectivity index (χ1) is 16.2. The second-order valence-corrected chi connectivity index (χ2v) is 9.40. The van der Waals surface area contributed by atoms with Crippen molar-refractivity contribution in [1.29, 1.82) is 0 Å². The van der Waals surface area contributed by atoms with E-state index in [4.69, 9.17) is 15.9 Å². The minimum absolute atomic E-state index is 0.229. The molecule has 2 aliphatic heterocycles. The van der Waals surface area contributed by atoms with Gasteiger partial charge in [-0.1, -0.05) is 18.9 Å². The number of nitrogens with zero attached hydrogens (tertiary/aromatic N) is 5. The number of amides is 1. The van der Waals surface area contributed by atoms with Crippen molar-refractivity contribution in [2.24, 2.45) is 0 Å². The Labute approximate surface area is 198 Å². The predicted molar refractivity (Wildman–Crippen MR) is 127 cm³/mol. The molecule has 4 heterocycles. The van der Waals surface area contributed by atoms with Crippen molar-refractivity contribution in [2.75, 3.05) is 32.8 Å². The number of terminal acetylenes is 1. The molecule has 1 atom stereocenters. The third-order valence-corrected chi connectivity index (χ3v) is 5.93. The van der Waals surface area contributed by atoms with E-state index in [9.17, 15) is 9.59 Å². The molecule has 1 unspecified atom stereocenters.